The Morgan fingerprint density at radius 3 is 1.85 bits per heavy atom. The monoisotopic (exact) mass is 294 g/mol. The molecule has 0 aliphatic heterocycles. The van der Waals surface area contributed by atoms with Crippen molar-refractivity contribution in [3.63, 3.8) is 0 Å². The largest absolute Gasteiger partial charge is 0.294 e. The van der Waals surface area contributed by atoms with Crippen LogP contribution in [0.1, 0.15) is 52.5 Å². The van der Waals surface area contributed by atoms with Gasteiger partial charge >= 0.3 is 0 Å². The maximum absolute atomic E-state index is 11.1. The van der Waals surface area contributed by atoms with E-state index in [1.165, 1.54) is 12.1 Å². The van der Waals surface area contributed by atoms with Crippen molar-refractivity contribution in [3.8, 4) is 0 Å². The van der Waals surface area contributed by atoms with E-state index in [4.69, 9.17) is 12.4 Å². The van der Waals surface area contributed by atoms with Crippen molar-refractivity contribution in [2.24, 2.45) is 5.41 Å². The van der Waals surface area contributed by atoms with E-state index in [-0.39, 0.29) is 16.2 Å². The van der Waals surface area contributed by atoms with Crippen LogP contribution in [-0.4, -0.2) is 20.8 Å². The van der Waals surface area contributed by atoms with Crippen molar-refractivity contribution in [1.82, 2.24) is 0 Å². The van der Waals surface area contributed by atoms with Crippen LogP contribution >= 0.6 is 0 Å². The van der Waals surface area contributed by atoms with Crippen LogP contribution in [-0.2, 0) is 10.1 Å². The second-order valence-electron chi connectivity index (χ2n) is 7.18. The summed E-state index contributed by atoms with van der Waals surface area (Å²) in [6.45, 7) is 10.4. The van der Waals surface area contributed by atoms with E-state index in [0.29, 0.717) is 0 Å². The van der Waals surface area contributed by atoms with Gasteiger partial charge in [-0.05, 0) is 35.4 Å². The zero-order valence-corrected chi connectivity index (χ0v) is 13.7. The van der Waals surface area contributed by atoms with Crippen LogP contribution in [0.2, 0.25) is 5.31 Å². The Bertz CT molecular complexity index is 548. The minimum Gasteiger partial charge on any atom is -0.282 e. The number of rotatable bonds is 4. The van der Waals surface area contributed by atoms with Crippen molar-refractivity contribution in [3.05, 3.63) is 29.8 Å². The third-order valence-corrected chi connectivity index (χ3v) is 4.16. The zero-order valence-electron chi connectivity index (χ0n) is 12.8. The highest BCUT2D eigenvalue weighted by Crippen LogP contribution is 2.45. The summed E-state index contributed by atoms with van der Waals surface area (Å²) in [5.41, 5.74) is 1.10. The summed E-state index contributed by atoms with van der Waals surface area (Å²) < 4.78 is 31.2. The van der Waals surface area contributed by atoms with Crippen LogP contribution in [0.15, 0.2) is 29.2 Å². The lowest BCUT2D eigenvalue weighted by molar-refractivity contribution is 0.308. The van der Waals surface area contributed by atoms with Crippen molar-refractivity contribution in [2.45, 2.75) is 57.2 Å². The third-order valence-electron chi connectivity index (χ3n) is 3.29. The Kier molecular flexibility index (Phi) is 4.77. The van der Waals surface area contributed by atoms with Gasteiger partial charge in [-0.1, -0.05) is 52.1 Å². The fourth-order valence-electron chi connectivity index (χ4n) is 2.29. The Labute approximate surface area is 123 Å². The predicted octanol–water partition coefficient (Wildman–Crippen LogP) is 3.82. The van der Waals surface area contributed by atoms with Crippen LogP contribution in [0.4, 0.5) is 0 Å². The SMILES string of the molecule is [B]C(C)(C)C(CC(C)(C)C)c1ccc(S(=O)(=O)O)cc1. The molecule has 0 spiro atoms. The van der Waals surface area contributed by atoms with Gasteiger partial charge in [0.15, 0.2) is 0 Å². The normalized spacial score (nSPS) is 15.1. The van der Waals surface area contributed by atoms with Gasteiger partial charge in [-0.25, -0.2) is 0 Å². The molecule has 0 saturated carbocycles. The summed E-state index contributed by atoms with van der Waals surface area (Å²) in [5, 5.41) is -0.410. The first kappa shape index (κ1) is 17.2. The molecule has 0 saturated heterocycles. The highest BCUT2D eigenvalue weighted by Gasteiger charge is 2.30. The molecular formula is C15H23BO3S. The van der Waals surface area contributed by atoms with E-state index in [9.17, 15) is 8.42 Å². The van der Waals surface area contributed by atoms with Gasteiger partial charge in [0, 0.05) is 0 Å². The zero-order chi connectivity index (χ0) is 15.8. The molecule has 0 aliphatic carbocycles. The molecule has 3 nitrogen and oxygen atoms in total. The van der Waals surface area contributed by atoms with Crippen molar-refractivity contribution in [2.75, 3.05) is 0 Å². The molecule has 1 unspecified atom stereocenters. The van der Waals surface area contributed by atoms with E-state index in [0.717, 1.165) is 12.0 Å². The molecule has 110 valence electrons. The van der Waals surface area contributed by atoms with Gasteiger partial charge in [-0.15, -0.1) is 0 Å². The maximum atomic E-state index is 11.1. The minimum atomic E-state index is -4.15. The smallest absolute Gasteiger partial charge is 0.282 e. The van der Waals surface area contributed by atoms with E-state index in [2.05, 4.69) is 20.8 Å². The van der Waals surface area contributed by atoms with Gasteiger partial charge in [-0.3, -0.25) is 4.55 Å². The second kappa shape index (κ2) is 5.53. The second-order valence-corrected chi connectivity index (χ2v) is 8.60. The fourth-order valence-corrected chi connectivity index (χ4v) is 2.77. The predicted molar refractivity (Wildman–Crippen MR) is 82.9 cm³/mol. The highest BCUT2D eigenvalue weighted by molar-refractivity contribution is 7.85. The topological polar surface area (TPSA) is 54.4 Å². The summed E-state index contributed by atoms with van der Waals surface area (Å²) in [4.78, 5) is -0.0920. The summed E-state index contributed by atoms with van der Waals surface area (Å²) in [6, 6.07) is 6.31. The Morgan fingerprint density at radius 2 is 1.55 bits per heavy atom. The minimum absolute atomic E-state index is 0.0920. The molecule has 0 bridgehead atoms. The molecule has 1 aromatic carbocycles. The van der Waals surface area contributed by atoms with E-state index < -0.39 is 15.4 Å². The van der Waals surface area contributed by atoms with Crippen LogP contribution in [0.3, 0.4) is 0 Å². The molecule has 0 amide bonds. The molecule has 0 aromatic heterocycles. The molecule has 0 aliphatic rings. The van der Waals surface area contributed by atoms with Gasteiger partial charge in [0.2, 0.25) is 0 Å². The lowest BCUT2D eigenvalue weighted by Gasteiger charge is -2.36. The van der Waals surface area contributed by atoms with E-state index in [1.54, 1.807) is 12.1 Å². The molecule has 5 heteroatoms. The van der Waals surface area contributed by atoms with Crippen LogP contribution < -0.4 is 0 Å². The fraction of sp³-hybridized carbons (Fsp3) is 0.600. The van der Waals surface area contributed by atoms with Crippen molar-refractivity contribution >= 4 is 18.0 Å². The summed E-state index contributed by atoms with van der Waals surface area (Å²) in [5.74, 6) is 0.109. The molecule has 1 aromatic rings. The number of benzene rings is 1. The molecule has 2 radical (unpaired) electrons. The average Bonchev–Trinajstić information content (AvgIpc) is 2.22. The molecular weight excluding hydrogens is 271 g/mol. The Hall–Kier alpha value is -0.805. The van der Waals surface area contributed by atoms with Gasteiger partial charge in [0.25, 0.3) is 10.1 Å². The Morgan fingerprint density at radius 1 is 1.10 bits per heavy atom. The van der Waals surface area contributed by atoms with Crippen molar-refractivity contribution < 1.29 is 13.0 Å². The van der Waals surface area contributed by atoms with Gasteiger partial charge in [0.05, 0.1) is 12.7 Å². The van der Waals surface area contributed by atoms with E-state index >= 15 is 0 Å². The first-order chi connectivity index (χ1) is 8.81. The summed E-state index contributed by atoms with van der Waals surface area (Å²) >= 11 is 0. The summed E-state index contributed by atoms with van der Waals surface area (Å²) in [6.07, 6.45) is 0.891. The number of hydrogen-bond acceptors (Lipinski definition) is 2. The third kappa shape index (κ3) is 4.95. The van der Waals surface area contributed by atoms with Gasteiger partial charge in [-0.2, -0.15) is 8.42 Å². The quantitative estimate of drug-likeness (QED) is 0.678. The lowest BCUT2D eigenvalue weighted by atomic mass is 9.58. The first-order valence-corrected chi connectivity index (χ1v) is 8.11. The lowest BCUT2D eigenvalue weighted by Crippen LogP contribution is -2.21. The van der Waals surface area contributed by atoms with Crippen LogP contribution in [0.5, 0.6) is 0 Å². The molecule has 1 N–H and O–H groups in total. The van der Waals surface area contributed by atoms with E-state index in [1.807, 2.05) is 13.8 Å². The van der Waals surface area contributed by atoms with Crippen LogP contribution in [0, 0.1) is 5.41 Å². The van der Waals surface area contributed by atoms with Gasteiger partial charge in [0.1, 0.15) is 0 Å². The highest BCUT2D eigenvalue weighted by atomic mass is 32.2. The number of hydrogen-bond donors (Lipinski definition) is 1. The van der Waals surface area contributed by atoms with Gasteiger partial charge < -0.3 is 0 Å². The molecule has 0 heterocycles. The van der Waals surface area contributed by atoms with Crippen LogP contribution in [0.25, 0.3) is 0 Å². The molecule has 1 rings (SSSR count). The molecule has 0 fully saturated rings. The Balaban J connectivity index is 3.16. The molecule has 1 atom stereocenters. The maximum Gasteiger partial charge on any atom is 0.294 e. The first-order valence-electron chi connectivity index (χ1n) is 6.67. The molecule has 20 heavy (non-hydrogen) atoms. The summed E-state index contributed by atoms with van der Waals surface area (Å²) in [7, 11) is 2.13. The standard InChI is InChI=1S/C15H23BO3S/c1-14(2,3)10-13(15(4,5)16)11-6-8-12(9-7-11)20(17,18)19/h6-9,13H,10H2,1-5H3,(H,17,18,19). The van der Waals surface area contributed by atoms with Crippen molar-refractivity contribution in [1.29, 1.82) is 0 Å². The average molecular weight is 294 g/mol.